The second-order valence-corrected chi connectivity index (χ2v) is 8.93. The van der Waals surface area contributed by atoms with Gasteiger partial charge in [0.15, 0.2) is 5.82 Å². The van der Waals surface area contributed by atoms with Crippen LogP contribution in [-0.2, 0) is 13.0 Å². The number of allylic oxidation sites excluding steroid dienone is 1. The van der Waals surface area contributed by atoms with E-state index in [2.05, 4.69) is 74.5 Å². The molecule has 0 atom stereocenters. The van der Waals surface area contributed by atoms with Crippen LogP contribution in [0.25, 0.3) is 5.70 Å². The smallest absolute Gasteiger partial charge is 0.160 e. The maximum atomic E-state index is 13.5. The predicted molar refractivity (Wildman–Crippen MR) is 124 cm³/mol. The minimum atomic E-state index is -0.205. The van der Waals surface area contributed by atoms with Crippen LogP contribution in [0.3, 0.4) is 0 Å². The van der Waals surface area contributed by atoms with Gasteiger partial charge in [-0.3, -0.25) is 0 Å². The van der Waals surface area contributed by atoms with Crippen molar-refractivity contribution in [3.05, 3.63) is 65.5 Å². The third-order valence-corrected chi connectivity index (χ3v) is 5.54. The van der Waals surface area contributed by atoms with Gasteiger partial charge in [-0.25, -0.2) is 9.37 Å². The molecule has 0 radical (unpaired) electrons. The number of fused-ring (bicyclic) bond motifs is 1. The fourth-order valence-electron chi connectivity index (χ4n) is 4.10. The van der Waals surface area contributed by atoms with Crippen LogP contribution in [0.2, 0.25) is 0 Å². The Morgan fingerprint density at radius 2 is 1.83 bits per heavy atom. The molecule has 2 heterocycles. The topological polar surface area (TPSA) is 24.3 Å². The number of aryl methyl sites for hydroxylation is 1. The molecule has 2 aromatic rings. The van der Waals surface area contributed by atoms with Gasteiger partial charge < -0.3 is 14.4 Å². The summed E-state index contributed by atoms with van der Waals surface area (Å²) < 4.78 is 15.8. The van der Waals surface area contributed by atoms with Crippen LogP contribution < -0.4 is 4.90 Å². The zero-order valence-corrected chi connectivity index (χ0v) is 19.2. The van der Waals surface area contributed by atoms with E-state index in [-0.39, 0.29) is 11.2 Å². The van der Waals surface area contributed by atoms with Crippen LogP contribution in [0.4, 0.5) is 10.2 Å². The van der Waals surface area contributed by atoms with E-state index >= 15 is 0 Å². The van der Waals surface area contributed by atoms with E-state index in [0.717, 1.165) is 48.7 Å². The van der Waals surface area contributed by atoms with E-state index in [1.54, 1.807) is 0 Å². The molecule has 0 N–H and O–H groups in total. The Kier molecular flexibility index (Phi) is 6.69. The summed E-state index contributed by atoms with van der Waals surface area (Å²) in [6, 6.07) is 6.80. The molecule has 1 aliphatic heterocycles. The number of hydrogen-bond acceptors (Lipinski definition) is 3. The number of hydrogen-bond donors (Lipinski definition) is 0. The summed E-state index contributed by atoms with van der Waals surface area (Å²) in [5.74, 6) is 1.84. The standard InChI is InChI=1S/C25H35FN4/c1-7-9-21-23-24(28(5)16-15-25(3,4)18-29(21)6)27-22(10-8-2)30(23)17-19-11-13-20(26)14-12-19/h9,11-16H,7-8,10,17-18H2,1-6H3/b16-15+,21-9-. The summed E-state index contributed by atoms with van der Waals surface area (Å²) in [7, 11) is 4.24. The van der Waals surface area contributed by atoms with Crippen LogP contribution in [0.15, 0.2) is 42.6 Å². The van der Waals surface area contributed by atoms with Crippen molar-refractivity contribution < 1.29 is 4.39 Å². The van der Waals surface area contributed by atoms with Gasteiger partial charge in [0.05, 0.1) is 5.70 Å². The molecule has 0 amide bonds. The zero-order chi connectivity index (χ0) is 21.9. The van der Waals surface area contributed by atoms with Crippen molar-refractivity contribution in [2.75, 3.05) is 25.5 Å². The lowest BCUT2D eigenvalue weighted by atomic mass is 9.92. The highest BCUT2D eigenvalue weighted by molar-refractivity contribution is 5.73. The van der Waals surface area contributed by atoms with Gasteiger partial charge >= 0.3 is 0 Å². The summed E-state index contributed by atoms with van der Waals surface area (Å²) in [6.45, 7) is 10.5. The van der Waals surface area contributed by atoms with Crippen molar-refractivity contribution in [1.29, 1.82) is 0 Å². The maximum absolute atomic E-state index is 13.5. The van der Waals surface area contributed by atoms with E-state index in [1.807, 2.05) is 12.1 Å². The summed E-state index contributed by atoms with van der Waals surface area (Å²) >= 11 is 0. The highest BCUT2D eigenvalue weighted by atomic mass is 19.1. The fraction of sp³-hybridized carbons (Fsp3) is 0.480. The van der Waals surface area contributed by atoms with Gasteiger partial charge in [-0.1, -0.05) is 52.0 Å². The Balaban J connectivity index is 2.21. The number of nitrogens with zero attached hydrogens (tertiary/aromatic N) is 4. The summed E-state index contributed by atoms with van der Waals surface area (Å²) in [4.78, 5) is 9.58. The highest BCUT2D eigenvalue weighted by Gasteiger charge is 2.28. The molecular formula is C25H35FN4. The minimum Gasteiger partial charge on any atom is -0.372 e. The van der Waals surface area contributed by atoms with Crippen molar-refractivity contribution in [1.82, 2.24) is 14.5 Å². The van der Waals surface area contributed by atoms with E-state index < -0.39 is 0 Å². The molecule has 0 unspecified atom stereocenters. The Morgan fingerprint density at radius 1 is 1.13 bits per heavy atom. The van der Waals surface area contributed by atoms with Crippen molar-refractivity contribution in [2.45, 2.75) is 53.5 Å². The van der Waals surface area contributed by atoms with E-state index in [4.69, 9.17) is 4.98 Å². The van der Waals surface area contributed by atoms with Gasteiger partial charge in [0.2, 0.25) is 0 Å². The van der Waals surface area contributed by atoms with Gasteiger partial charge in [-0.05, 0) is 30.5 Å². The average Bonchev–Trinajstić information content (AvgIpc) is 3.04. The Bertz CT molecular complexity index is 921. The van der Waals surface area contributed by atoms with Crippen molar-refractivity contribution in [2.24, 2.45) is 5.41 Å². The molecule has 0 bridgehead atoms. The lowest BCUT2D eigenvalue weighted by Crippen LogP contribution is -2.29. The quantitative estimate of drug-likeness (QED) is 0.632. The van der Waals surface area contributed by atoms with Gasteiger partial charge in [-0.15, -0.1) is 0 Å². The monoisotopic (exact) mass is 410 g/mol. The van der Waals surface area contributed by atoms with Crippen molar-refractivity contribution >= 4 is 11.5 Å². The predicted octanol–water partition coefficient (Wildman–Crippen LogP) is 5.70. The van der Waals surface area contributed by atoms with E-state index in [0.29, 0.717) is 6.54 Å². The molecule has 162 valence electrons. The molecule has 0 saturated carbocycles. The van der Waals surface area contributed by atoms with Gasteiger partial charge in [0, 0.05) is 45.2 Å². The Morgan fingerprint density at radius 3 is 2.47 bits per heavy atom. The van der Waals surface area contributed by atoms with Crippen molar-refractivity contribution in [3.63, 3.8) is 0 Å². The summed E-state index contributed by atoms with van der Waals surface area (Å²) in [6.07, 6.45) is 9.58. The Hall–Kier alpha value is -2.56. The van der Waals surface area contributed by atoms with Gasteiger partial charge in [0.1, 0.15) is 17.3 Å². The van der Waals surface area contributed by atoms with Crippen LogP contribution >= 0.6 is 0 Å². The van der Waals surface area contributed by atoms with Crippen LogP contribution in [0.1, 0.15) is 57.6 Å². The molecule has 0 spiro atoms. The maximum Gasteiger partial charge on any atom is 0.160 e. The molecule has 4 nitrogen and oxygen atoms in total. The van der Waals surface area contributed by atoms with Crippen molar-refractivity contribution in [3.8, 4) is 0 Å². The summed E-state index contributed by atoms with van der Waals surface area (Å²) in [5, 5.41) is 0. The molecule has 0 saturated heterocycles. The molecule has 0 aliphatic carbocycles. The molecule has 1 aliphatic rings. The zero-order valence-electron chi connectivity index (χ0n) is 19.2. The molecule has 3 rings (SSSR count). The van der Waals surface area contributed by atoms with Gasteiger partial charge in [-0.2, -0.15) is 0 Å². The largest absolute Gasteiger partial charge is 0.372 e. The average molecular weight is 411 g/mol. The molecular weight excluding hydrogens is 375 g/mol. The molecule has 5 heteroatoms. The lowest BCUT2D eigenvalue weighted by Gasteiger charge is -2.31. The minimum absolute atomic E-state index is 0.0351. The molecule has 1 aromatic heterocycles. The number of anilines is 1. The second kappa shape index (κ2) is 9.07. The van der Waals surface area contributed by atoms with Crippen LogP contribution in [0, 0.1) is 11.2 Å². The van der Waals surface area contributed by atoms with Gasteiger partial charge in [0.25, 0.3) is 0 Å². The normalized spacial score (nSPS) is 18.7. The third-order valence-electron chi connectivity index (χ3n) is 5.54. The number of halogens is 1. The van der Waals surface area contributed by atoms with E-state index in [1.165, 1.54) is 17.8 Å². The highest BCUT2D eigenvalue weighted by Crippen LogP contribution is 2.35. The lowest BCUT2D eigenvalue weighted by molar-refractivity contribution is 0.330. The molecule has 1 aromatic carbocycles. The molecule has 0 fully saturated rings. The molecule has 30 heavy (non-hydrogen) atoms. The third kappa shape index (κ3) is 4.77. The number of rotatable bonds is 5. The number of imidazole rings is 1. The first-order chi connectivity index (χ1) is 14.3. The SMILES string of the molecule is CC/C=C1/c2c(nc(CCC)n2Cc2ccc(F)cc2)N(C)/C=C/C(C)(C)CN1C. The number of aromatic nitrogens is 2. The van der Waals surface area contributed by atoms with Crippen LogP contribution in [0.5, 0.6) is 0 Å². The van der Waals surface area contributed by atoms with Crippen LogP contribution in [-0.4, -0.2) is 35.1 Å². The first kappa shape index (κ1) is 22.1. The number of benzene rings is 1. The first-order valence-corrected chi connectivity index (χ1v) is 10.9. The Labute approximate surface area is 180 Å². The van der Waals surface area contributed by atoms with E-state index in [9.17, 15) is 4.39 Å². The fourth-order valence-corrected chi connectivity index (χ4v) is 4.10. The summed E-state index contributed by atoms with van der Waals surface area (Å²) in [5.41, 5.74) is 3.45. The second-order valence-electron chi connectivity index (χ2n) is 8.93. The first-order valence-electron chi connectivity index (χ1n) is 10.9.